The van der Waals surface area contributed by atoms with Crippen molar-refractivity contribution >= 4 is 44.1 Å². The normalized spacial score (nSPS) is 17.8. The summed E-state index contributed by atoms with van der Waals surface area (Å²) < 4.78 is 28.3. The number of halogens is 2. The summed E-state index contributed by atoms with van der Waals surface area (Å²) in [5, 5.41) is 11.2. The molecule has 1 aromatic heterocycles. The van der Waals surface area contributed by atoms with Crippen molar-refractivity contribution in [2.45, 2.75) is 13.0 Å². The van der Waals surface area contributed by atoms with Gasteiger partial charge in [0.05, 0.1) is 21.8 Å². The second-order valence-electron chi connectivity index (χ2n) is 7.70. The average molecular weight is 462 g/mol. The molecule has 1 aliphatic rings. The van der Waals surface area contributed by atoms with Gasteiger partial charge in [-0.25, -0.2) is 13.8 Å². The molecule has 0 aliphatic carbocycles. The number of anilines is 1. The van der Waals surface area contributed by atoms with Crippen molar-refractivity contribution in [3.8, 4) is 0 Å². The summed E-state index contributed by atoms with van der Waals surface area (Å²) in [5.74, 6) is -3.19. The van der Waals surface area contributed by atoms with Crippen LogP contribution in [0, 0.1) is 18.6 Å². The molecule has 164 valence electrons. The first-order valence-corrected chi connectivity index (χ1v) is 10.8. The van der Waals surface area contributed by atoms with Gasteiger partial charge in [-0.15, -0.1) is 0 Å². The molecule has 0 unspecified atom stereocenters. The van der Waals surface area contributed by atoms with Crippen molar-refractivity contribution in [1.82, 2.24) is 4.98 Å². The number of aryl methyl sites for hydroxylation is 1. The van der Waals surface area contributed by atoms with E-state index in [1.54, 1.807) is 30.3 Å². The fourth-order valence-corrected chi connectivity index (χ4v) is 4.90. The molecule has 2 heterocycles. The monoisotopic (exact) mass is 462 g/mol. The number of carbonyl (C=O) groups is 2. The van der Waals surface area contributed by atoms with Crippen molar-refractivity contribution in [2.75, 3.05) is 4.90 Å². The number of nitrogens with zero attached hydrogens (tertiary/aromatic N) is 2. The molecule has 0 radical (unpaired) electrons. The summed E-state index contributed by atoms with van der Waals surface area (Å²) >= 11 is 1.03. The highest BCUT2D eigenvalue weighted by Crippen LogP contribution is 2.44. The van der Waals surface area contributed by atoms with Gasteiger partial charge >= 0.3 is 5.91 Å². The van der Waals surface area contributed by atoms with E-state index in [-0.39, 0.29) is 16.5 Å². The Balaban J connectivity index is 1.74. The van der Waals surface area contributed by atoms with Gasteiger partial charge in [0, 0.05) is 5.56 Å². The van der Waals surface area contributed by atoms with Crippen LogP contribution >= 0.6 is 11.3 Å². The van der Waals surface area contributed by atoms with E-state index in [9.17, 15) is 23.5 Å². The topological polar surface area (TPSA) is 70.5 Å². The van der Waals surface area contributed by atoms with Gasteiger partial charge < -0.3 is 5.11 Å². The van der Waals surface area contributed by atoms with Gasteiger partial charge in [0.1, 0.15) is 17.4 Å². The number of hydrogen-bond donors (Lipinski definition) is 1. The lowest BCUT2D eigenvalue weighted by Crippen LogP contribution is -2.29. The predicted molar refractivity (Wildman–Crippen MR) is 122 cm³/mol. The summed E-state index contributed by atoms with van der Waals surface area (Å²) in [5.41, 5.74) is 1.89. The number of carbonyl (C=O) groups excluding carboxylic acids is 2. The van der Waals surface area contributed by atoms with E-state index >= 15 is 0 Å². The third-order valence-electron chi connectivity index (χ3n) is 5.48. The number of Topliss-reactive ketones (excluding diaryl/α,β-unsaturated/α-hetero) is 1. The van der Waals surface area contributed by atoms with E-state index < -0.39 is 29.4 Å². The Hall–Kier alpha value is -3.91. The van der Waals surface area contributed by atoms with E-state index in [1.165, 1.54) is 36.4 Å². The van der Waals surface area contributed by atoms with Crippen molar-refractivity contribution in [1.29, 1.82) is 0 Å². The fraction of sp³-hybridized carbons (Fsp3) is 0.0800. The number of benzene rings is 3. The largest absolute Gasteiger partial charge is 0.507 e. The van der Waals surface area contributed by atoms with Gasteiger partial charge in [-0.1, -0.05) is 53.3 Å². The average Bonchev–Trinajstić information content (AvgIpc) is 3.32. The van der Waals surface area contributed by atoms with Crippen LogP contribution in [-0.4, -0.2) is 21.8 Å². The van der Waals surface area contributed by atoms with E-state index in [4.69, 9.17) is 0 Å². The third kappa shape index (κ3) is 3.58. The molecule has 5 nitrogen and oxygen atoms in total. The van der Waals surface area contributed by atoms with Crippen molar-refractivity contribution in [2.24, 2.45) is 0 Å². The van der Waals surface area contributed by atoms with Crippen LogP contribution in [0.5, 0.6) is 0 Å². The summed E-state index contributed by atoms with van der Waals surface area (Å²) in [4.78, 5) is 31.8. The summed E-state index contributed by atoms with van der Waals surface area (Å²) in [6.45, 7) is 1.88. The molecule has 5 rings (SSSR count). The molecular weight excluding hydrogens is 446 g/mol. The first-order chi connectivity index (χ1) is 15.8. The Morgan fingerprint density at radius 1 is 1.00 bits per heavy atom. The zero-order valence-electron chi connectivity index (χ0n) is 17.3. The molecular formula is C25H16F2N2O3S. The number of aliphatic hydroxyl groups excluding tert-OH is 1. The van der Waals surface area contributed by atoms with Crippen LogP contribution in [0.15, 0.2) is 72.3 Å². The van der Waals surface area contributed by atoms with Gasteiger partial charge in [0.15, 0.2) is 5.13 Å². The number of aromatic nitrogens is 1. The van der Waals surface area contributed by atoms with Crippen LogP contribution in [0.4, 0.5) is 13.9 Å². The lowest BCUT2D eigenvalue weighted by atomic mass is 9.95. The maximum atomic E-state index is 14.1. The number of rotatable bonds is 3. The van der Waals surface area contributed by atoms with Crippen LogP contribution in [0.3, 0.4) is 0 Å². The molecule has 4 aromatic rings. The molecule has 33 heavy (non-hydrogen) atoms. The lowest BCUT2D eigenvalue weighted by Gasteiger charge is -2.23. The van der Waals surface area contributed by atoms with Crippen LogP contribution in [0.1, 0.15) is 22.7 Å². The number of hydrogen-bond acceptors (Lipinski definition) is 5. The molecule has 8 heteroatoms. The highest BCUT2D eigenvalue weighted by Gasteiger charge is 2.48. The Kier molecular flexibility index (Phi) is 5.02. The quantitative estimate of drug-likeness (QED) is 0.248. The van der Waals surface area contributed by atoms with Crippen molar-refractivity contribution < 1.29 is 23.5 Å². The number of amides is 1. The highest BCUT2D eigenvalue weighted by molar-refractivity contribution is 7.22. The molecule has 1 fully saturated rings. The summed E-state index contributed by atoms with van der Waals surface area (Å²) in [6, 6.07) is 15.2. The Labute approximate surface area is 191 Å². The number of aliphatic hydroxyl groups is 1. The second kappa shape index (κ2) is 7.90. The van der Waals surface area contributed by atoms with Crippen LogP contribution < -0.4 is 4.90 Å². The minimum Gasteiger partial charge on any atom is -0.507 e. The summed E-state index contributed by atoms with van der Waals surface area (Å²) in [6.07, 6.45) is 0. The zero-order chi connectivity index (χ0) is 23.3. The maximum absolute atomic E-state index is 14.1. The van der Waals surface area contributed by atoms with Gasteiger partial charge in [-0.2, -0.15) is 0 Å². The van der Waals surface area contributed by atoms with Gasteiger partial charge in [-0.3, -0.25) is 14.5 Å². The molecule has 1 aliphatic heterocycles. The first-order valence-electron chi connectivity index (χ1n) is 10.0. The molecule has 0 bridgehead atoms. The third-order valence-corrected chi connectivity index (χ3v) is 6.50. The SMILES string of the molecule is Cc1ccc(C(O)=C2C(=O)C(=O)N(c3nc4ccc(F)cc4s3)[C@@H]2c2cccc(F)c2)cc1. The van der Waals surface area contributed by atoms with E-state index in [0.717, 1.165) is 21.8 Å². The number of ketones is 1. The fourth-order valence-electron chi connectivity index (χ4n) is 3.88. The Morgan fingerprint density at radius 2 is 1.73 bits per heavy atom. The number of thiazole rings is 1. The predicted octanol–water partition coefficient (Wildman–Crippen LogP) is 5.51. The zero-order valence-corrected chi connectivity index (χ0v) is 18.1. The first kappa shape index (κ1) is 21.0. The van der Waals surface area contributed by atoms with Gasteiger partial charge in [0.2, 0.25) is 0 Å². The van der Waals surface area contributed by atoms with Crippen LogP contribution in [0.2, 0.25) is 0 Å². The molecule has 0 saturated carbocycles. The summed E-state index contributed by atoms with van der Waals surface area (Å²) in [7, 11) is 0. The van der Waals surface area contributed by atoms with Crippen molar-refractivity contribution in [3.05, 3.63) is 101 Å². The minimum atomic E-state index is -1.10. The number of fused-ring (bicyclic) bond motifs is 1. The smallest absolute Gasteiger partial charge is 0.301 e. The Morgan fingerprint density at radius 3 is 2.45 bits per heavy atom. The molecule has 1 N–H and O–H groups in total. The second-order valence-corrected chi connectivity index (χ2v) is 8.71. The van der Waals surface area contributed by atoms with E-state index in [2.05, 4.69) is 4.98 Å². The van der Waals surface area contributed by atoms with E-state index in [1.807, 2.05) is 6.92 Å². The molecule has 1 atom stereocenters. The molecule has 1 saturated heterocycles. The van der Waals surface area contributed by atoms with Gasteiger partial charge in [-0.05, 0) is 42.8 Å². The molecule has 1 amide bonds. The van der Waals surface area contributed by atoms with E-state index in [0.29, 0.717) is 21.3 Å². The van der Waals surface area contributed by atoms with Crippen LogP contribution in [-0.2, 0) is 9.59 Å². The highest BCUT2D eigenvalue weighted by atomic mass is 32.1. The Bertz CT molecular complexity index is 1460. The molecule has 0 spiro atoms. The lowest BCUT2D eigenvalue weighted by molar-refractivity contribution is -0.132. The van der Waals surface area contributed by atoms with Gasteiger partial charge in [0.25, 0.3) is 5.78 Å². The minimum absolute atomic E-state index is 0.148. The molecule has 3 aromatic carbocycles. The van der Waals surface area contributed by atoms with Crippen molar-refractivity contribution in [3.63, 3.8) is 0 Å². The standard InChI is InChI=1S/C25H16F2N2O3S/c1-13-5-7-14(8-6-13)22(30)20-21(15-3-2-4-16(26)11-15)29(24(32)23(20)31)25-28-18-10-9-17(27)12-19(18)33-25/h2-12,21,30H,1H3/t21-/m1/s1. The van der Waals surface area contributed by atoms with Crippen LogP contribution in [0.25, 0.3) is 16.0 Å². The maximum Gasteiger partial charge on any atom is 0.301 e.